The van der Waals surface area contributed by atoms with Crippen LogP contribution >= 0.6 is 22.6 Å². The summed E-state index contributed by atoms with van der Waals surface area (Å²) in [7, 11) is 0. The fourth-order valence-electron chi connectivity index (χ4n) is 1.05. The van der Waals surface area contributed by atoms with Crippen LogP contribution in [0.1, 0.15) is 6.92 Å². The molecule has 0 N–H and O–H groups in total. The molecule has 0 aromatic heterocycles. The van der Waals surface area contributed by atoms with E-state index in [1.54, 1.807) is 0 Å². The molecule has 0 aliphatic heterocycles. The van der Waals surface area contributed by atoms with Crippen molar-refractivity contribution in [1.29, 1.82) is 0 Å². The maximum absolute atomic E-state index is 12.9. The molecule has 0 aromatic carbocycles. The van der Waals surface area contributed by atoms with Crippen LogP contribution in [0.3, 0.4) is 0 Å². The summed E-state index contributed by atoms with van der Waals surface area (Å²) in [6, 6.07) is 0. The van der Waals surface area contributed by atoms with E-state index in [4.69, 9.17) is 0 Å². The summed E-state index contributed by atoms with van der Waals surface area (Å²) < 4.78 is 159. The highest BCUT2D eigenvalue weighted by Crippen LogP contribution is 2.59. The molecule has 0 saturated heterocycles. The van der Waals surface area contributed by atoms with E-state index < -0.39 is 69.2 Å². The summed E-state index contributed by atoms with van der Waals surface area (Å²) in [5, 5.41) is 0. The van der Waals surface area contributed by atoms with Gasteiger partial charge >= 0.3 is 33.5 Å². The molecule has 0 aliphatic rings. The van der Waals surface area contributed by atoms with Crippen molar-refractivity contribution in [1.82, 2.24) is 0 Å². The van der Waals surface area contributed by atoms with E-state index >= 15 is 0 Å². The second-order valence-corrected chi connectivity index (χ2v) is 5.58. The third-order valence-corrected chi connectivity index (χ3v) is 2.91. The lowest BCUT2D eigenvalue weighted by atomic mass is 9.93. The first kappa shape index (κ1) is 21.8. The molecule has 0 aromatic rings. The molecular weight excluding hydrogens is 470 g/mol. The first-order valence-electron chi connectivity index (χ1n) is 4.75. The van der Waals surface area contributed by atoms with Crippen molar-refractivity contribution in [2.24, 2.45) is 0 Å². The summed E-state index contributed by atoms with van der Waals surface area (Å²) in [5.41, 5.74) is 0. The highest BCUT2D eigenvalue weighted by Gasteiger charge is 2.87. The Labute approximate surface area is 127 Å². The SMILES string of the molecule is CC(F)(F)C(F)(F)C(F)(F)C(F)(F)C(F)(F)C(F)C(F)(F)I. The molecule has 0 fully saturated rings. The molecule has 0 saturated carbocycles. The van der Waals surface area contributed by atoms with Crippen LogP contribution in [0.25, 0.3) is 0 Å². The molecule has 0 nitrogen and oxygen atoms in total. The zero-order valence-corrected chi connectivity index (χ0v) is 12.0. The van der Waals surface area contributed by atoms with Gasteiger partial charge in [-0.25, -0.2) is 4.39 Å². The number of rotatable bonds is 6. The molecule has 22 heavy (non-hydrogen) atoms. The smallest absolute Gasteiger partial charge is 0.233 e. The predicted octanol–water partition coefficient (Wildman–Crippen LogP) is 5.55. The Kier molecular flexibility index (Phi) is 5.38. The molecule has 134 valence electrons. The molecule has 1 atom stereocenters. The highest BCUT2D eigenvalue weighted by atomic mass is 127. The minimum absolute atomic E-state index is 0.469. The van der Waals surface area contributed by atoms with Crippen molar-refractivity contribution in [3.05, 3.63) is 0 Å². The van der Waals surface area contributed by atoms with Gasteiger partial charge in [0, 0.05) is 29.5 Å². The van der Waals surface area contributed by atoms with Gasteiger partial charge in [-0.3, -0.25) is 0 Å². The second-order valence-electron chi connectivity index (χ2n) is 4.14. The lowest BCUT2D eigenvalue weighted by Gasteiger charge is -2.39. The van der Waals surface area contributed by atoms with Crippen molar-refractivity contribution in [3.63, 3.8) is 0 Å². The van der Waals surface area contributed by atoms with Gasteiger partial charge in [-0.2, -0.15) is 52.7 Å². The molecular formula is C8H4F13I. The maximum Gasteiger partial charge on any atom is 0.384 e. The summed E-state index contributed by atoms with van der Waals surface area (Å²) >= 11 is -0.469. The predicted molar refractivity (Wildman–Crippen MR) is 54.3 cm³/mol. The quantitative estimate of drug-likeness (QED) is 0.269. The average Bonchev–Trinajstić information content (AvgIpc) is 2.24. The molecule has 14 heteroatoms. The number of alkyl halides is 14. The second kappa shape index (κ2) is 5.43. The Bertz CT molecular complexity index is 403. The van der Waals surface area contributed by atoms with Crippen LogP contribution in [0, 0.1) is 0 Å². The van der Waals surface area contributed by atoms with Crippen LogP contribution in [0.2, 0.25) is 0 Å². The first-order valence-corrected chi connectivity index (χ1v) is 5.83. The summed E-state index contributed by atoms with van der Waals surface area (Å²) in [4.78, 5) is 0. The fourth-order valence-corrected chi connectivity index (χ4v) is 1.44. The zero-order valence-electron chi connectivity index (χ0n) is 9.87. The Balaban J connectivity index is 6.12. The van der Waals surface area contributed by atoms with E-state index in [0.717, 1.165) is 0 Å². The van der Waals surface area contributed by atoms with E-state index in [1.165, 1.54) is 0 Å². The van der Waals surface area contributed by atoms with Gasteiger partial charge in [-0.15, -0.1) is 0 Å². The number of hydrogen-bond acceptors (Lipinski definition) is 0. The van der Waals surface area contributed by atoms with Crippen molar-refractivity contribution in [3.8, 4) is 0 Å². The topological polar surface area (TPSA) is 0 Å². The lowest BCUT2D eigenvalue weighted by molar-refractivity contribution is -0.408. The monoisotopic (exact) mass is 474 g/mol. The molecule has 0 heterocycles. The van der Waals surface area contributed by atoms with Gasteiger partial charge in [-0.1, -0.05) is 0 Å². The Morgan fingerprint density at radius 1 is 0.636 bits per heavy atom. The van der Waals surface area contributed by atoms with Gasteiger partial charge in [0.1, 0.15) is 0 Å². The molecule has 1 unspecified atom stereocenters. The van der Waals surface area contributed by atoms with Crippen molar-refractivity contribution in [2.45, 2.75) is 46.6 Å². The van der Waals surface area contributed by atoms with Crippen molar-refractivity contribution >= 4 is 22.6 Å². The molecule has 0 rings (SSSR count). The average molecular weight is 474 g/mol. The molecule has 0 aliphatic carbocycles. The van der Waals surface area contributed by atoms with Gasteiger partial charge in [0.25, 0.3) is 0 Å². The Hall–Kier alpha value is -0.180. The first-order chi connectivity index (χ1) is 9.15. The normalized spacial score (nSPS) is 17.6. The van der Waals surface area contributed by atoms with Gasteiger partial charge in [0.15, 0.2) is 0 Å². The van der Waals surface area contributed by atoms with Crippen LogP contribution in [0.15, 0.2) is 0 Å². The van der Waals surface area contributed by atoms with Gasteiger partial charge in [-0.05, 0) is 0 Å². The Morgan fingerprint density at radius 2 is 0.955 bits per heavy atom. The van der Waals surface area contributed by atoms with Crippen LogP contribution in [0.5, 0.6) is 0 Å². The number of halogens is 14. The van der Waals surface area contributed by atoms with E-state index in [9.17, 15) is 57.1 Å². The third kappa shape index (κ3) is 3.07. The Morgan fingerprint density at radius 3 is 1.18 bits per heavy atom. The van der Waals surface area contributed by atoms with E-state index in [0.29, 0.717) is 0 Å². The van der Waals surface area contributed by atoms with Gasteiger partial charge < -0.3 is 0 Å². The van der Waals surface area contributed by atoms with E-state index in [2.05, 4.69) is 0 Å². The van der Waals surface area contributed by atoms with Crippen LogP contribution in [-0.4, -0.2) is 39.7 Å². The lowest BCUT2D eigenvalue weighted by Crippen LogP contribution is -2.69. The highest BCUT2D eigenvalue weighted by molar-refractivity contribution is 14.1. The fraction of sp³-hybridized carbons (Fsp3) is 1.00. The van der Waals surface area contributed by atoms with Crippen LogP contribution < -0.4 is 0 Å². The molecule has 0 radical (unpaired) electrons. The maximum atomic E-state index is 12.9. The van der Waals surface area contributed by atoms with Gasteiger partial charge in [0.05, 0.1) is 0 Å². The summed E-state index contributed by atoms with van der Waals surface area (Å²) in [6.07, 6.45) is -5.34. The van der Waals surface area contributed by atoms with Crippen molar-refractivity contribution < 1.29 is 57.1 Å². The van der Waals surface area contributed by atoms with Gasteiger partial charge in [0.2, 0.25) is 6.17 Å². The standard InChI is InChI=1S/C8H4F13I/c1-3(10,11)6(16,17)8(20,21)7(18,19)4(12,13)2(9)5(14,15)22/h2H,1H3. The third-order valence-electron chi connectivity index (χ3n) is 2.36. The van der Waals surface area contributed by atoms with E-state index in [-0.39, 0.29) is 0 Å². The molecule has 0 bridgehead atoms. The van der Waals surface area contributed by atoms with E-state index in [1.807, 2.05) is 0 Å². The number of hydrogen-bond donors (Lipinski definition) is 0. The zero-order chi connectivity index (χ0) is 18.6. The van der Waals surface area contributed by atoms with Crippen LogP contribution in [-0.2, 0) is 0 Å². The largest absolute Gasteiger partial charge is 0.384 e. The van der Waals surface area contributed by atoms with Crippen LogP contribution in [0.4, 0.5) is 57.1 Å². The minimum atomic E-state index is -7.54. The van der Waals surface area contributed by atoms with Crippen molar-refractivity contribution in [2.75, 3.05) is 0 Å². The minimum Gasteiger partial charge on any atom is -0.233 e. The molecule has 0 spiro atoms. The summed E-state index contributed by atoms with van der Waals surface area (Å²) in [5.74, 6) is -35.2. The summed E-state index contributed by atoms with van der Waals surface area (Å²) in [6.45, 7) is -0.991. The molecule has 0 amide bonds.